The zero-order chi connectivity index (χ0) is 48.9. The van der Waals surface area contributed by atoms with Gasteiger partial charge in [-0.3, -0.25) is 29.0 Å². The molecule has 19 heteroatoms. The number of methoxy groups -OCH3 is 3. The van der Waals surface area contributed by atoms with E-state index in [0.29, 0.717) is 12.2 Å². The summed E-state index contributed by atoms with van der Waals surface area (Å²) in [4.78, 5) is 70.4. The van der Waals surface area contributed by atoms with Crippen LogP contribution in [-0.4, -0.2) is 124 Å². The van der Waals surface area contributed by atoms with Crippen LogP contribution >= 0.6 is 7.82 Å². The maximum absolute atomic E-state index is 14.6. The number of amides is 3. The van der Waals surface area contributed by atoms with Crippen molar-refractivity contribution in [1.29, 1.82) is 0 Å². The third-order valence-corrected chi connectivity index (χ3v) is 11.4. The van der Waals surface area contributed by atoms with Crippen molar-refractivity contribution < 1.29 is 61.4 Å². The smallest absolute Gasteiger partial charge is 0.453 e. The average molecular weight is 944 g/mol. The molecule has 0 spiro atoms. The third-order valence-electron chi connectivity index (χ3n) is 10.4. The maximum atomic E-state index is 14.6. The average Bonchev–Trinajstić information content (AvgIpc) is 3.27. The van der Waals surface area contributed by atoms with Crippen molar-refractivity contribution in [2.24, 2.45) is 16.7 Å². The predicted molar refractivity (Wildman–Crippen MR) is 248 cm³/mol. The van der Waals surface area contributed by atoms with Gasteiger partial charge in [-0.1, -0.05) is 102 Å². The molecule has 0 bridgehead atoms. The van der Waals surface area contributed by atoms with Gasteiger partial charge in [-0.25, -0.2) is 19.2 Å². The van der Waals surface area contributed by atoms with E-state index in [4.69, 9.17) is 32.7 Å². The lowest BCUT2D eigenvalue weighted by atomic mass is 9.79. The van der Waals surface area contributed by atoms with Crippen molar-refractivity contribution >= 4 is 31.7 Å². The highest BCUT2D eigenvalue weighted by Gasteiger charge is 2.41. The van der Waals surface area contributed by atoms with Crippen LogP contribution < -0.4 is 16.1 Å². The van der Waals surface area contributed by atoms with E-state index < -0.39 is 72.7 Å². The number of ether oxygens (including phenoxy) is 5. The molecule has 1 heterocycles. The molecule has 0 aliphatic heterocycles. The normalized spacial score (nSPS) is 15.1. The Balaban J connectivity index is 2.19. The Hall–Kier alpha value is -4.78. The second-order valence-corrected chi connectivity index (χ2v) is 19.2. The highest BCUT2D eigenvalue weighted by Crippen LogP contribution is 2.47. The second kappa shape index (κ2) is 27.1. The molecule has 3 amide bonds. The number of benzene rings is 2. The van der Waals surface area contributed by atoms with Crippen molar-refractivity contribution in [3.8, 4) is 11.3 Å². The zero-order valence-corrected chi connectivity index (χ0v) is 40.8. The van der Waals surface area contributed by atoms with Gasteiger partial charge in [0, 0.05) is 52.1 Å². The SMILES string of the molecule is CCOCC(COP(=O)(O)OC(CN(Cc1ccc(-c2ccccn2)cc1)NC(=O)C(NC(=O)OC)C(C)(C)C)C(CC(=O)C(NC(=O)OCCOC)C(C)(C)C)Cc1ccccc1)OC. The summed E-state index contributed by atoms with van der Waals surface area (Å²) < 4.78 is 51.8. The van der Waals surface area contributed by atoms with Crippen LogP contribution in [0.4, 0.5) is 9.59 Å². The van der Waals surface area contributed by atoms with Crippen LogP contribution in [0.2, 0.25) is 0 Å². The number of hydrogen-bond donors (Lipinski definition) is 4. The van der Waals surface area contributed by atoms with E-state index in [1.54, 1.807) is 54.7 Å². The van der Waals surface area contributed by atoms with Gasteiger partial charge in [-0.2, -0.15) is 0 Å². The number of phosphoric ester groups is 1. The molecule has 0 aliphatic rings. The minimum absolute atomic E-state index is 0.0192. The van der Waals surface area contributed by atoms with Gasteiger partial charge >= 0.3 is 20.0 Å². The molecule has 3 aromatic rings. The fourth-order valence-electron chi connectivity index (χ4n) is 6.84. The summed E-state index contributed by atoms with van der Waals surface area (Å²) in [5.74, 6) is -1.93. The summed E-state index contributed by atoms with van der Waals surface area (Å²) in [5, 5.41) is 6.83. The number of pyridine rings is 1. The first-order chi connectivity index (χ1) is 31.2. The van der Waals surface area contributed by atoms with E-state index in [0.717, 1.165) is 16.8 Å². The molecule has 366 valence electrons. The number of hydrazine groups is 1. The van der Waals surface area contributed by atoms with Gasteiger partial charge in [0.05, 0.1) is 44.8 Å². The topological polar surface area (TPSA) is 222 Å². The van der Waals surface area contributed by atoms with Crippen molar-refractivity contribution in [2.45, 2.75) is 92.1 Å². The first-order valence-corrected chi connectivity index (χ1v) is 23.3. The molecule has 18 nitrogen and oxygen atoms in total. The number of rotatable bonds is 27. The number of ketones is 1. The van der Waals surface area contributed by atoms with Gasteiger partial charge in [0.1, 0.15) is 18.8 Å². The number of hydrogen-bond acceptors (Lipinski definition) is 14. The molecule has 6 unspecified atom stereocenters. The van der Waals surface area contributed by atoms with Gasteiger partial charge in [-0.15, -0.1) is 0 Å². The van der Waals surface area contributed by atoms with Crippen LogP contribution in [0.25, 0.3) is 11.3 Å². The number of aromatic nitrogens is 1. The molecule has 1 aromatic heterocycles. The first kappa shape index (κ1) is 55.5. The van der Waals surface area contributed by atoms with Crippen LogP contribution in [0.5, 0.6) is 0 Å². The summed E-state index contributed by atoms with van der Waals surface area (Å²) in [5.41, 5.74) is 4.37. The summed E-state index contributed by atoms with van der Waals surface area (Å²) in [6.07, 6.45) is -2.15. The highest BCUT2D eigenvalue weighted by molar-refractivity contribution is 7.47. The highest BCUT2D eigenvalue weighted by atomic mass is 31.2. The largest absolute Gasteiger partial charge is 0.472 e. The number of Topliss-reactive ketones (excluding diaryl/α,β-unsaturated/α-hetero) is 1. The monoisotopic (exact) mass is 943 g/mol. The molecule has 0 radical (unpaired) electrons. The Labute approximate surface area is 389 Å². The molecule has 0 aliphatic carbocycles. The van der Waals surface area contributed by atoms with Crippen LogP contribution in [0, 0.1) is 16.7 Å². The molecule has 0 saturated carbocycles. The number of carbonyl (C=O) groups is 4. The van der Waals surface area contributed by atoms with Crippen molar-refractivity contribution in [3.05, 3.63) is 90.1 Å². The predicted octanol–water partition coefficient (Wildman–Crippen LogP) is 6.51. The van der Waals surface area contributed by atoms with Gasteiger partial charge in [0.25, 0.3) is 5.91 Å². The van der Waals surface area contributed by atoms with Gasteiger partial charge in [-0.05, 0) is 53.4 Å². The molecular weight excluding hydrogens is 874 g/mol. The lowest BCUT2D eigenvalue weighted by Crippen LogP contribution is -2.58. The Morgan fingerprint density at radius 1 is 0.803 bits per heavy atom. The Bertz CT molecular complexity index is 1980. The molecular formula is C47H70N5O13P. The summed E-state index contributed by atoms with van der Waals surface area (Å²) in [6, 6.07) is 20.0. The van der Waals surface area contributed by atoms with E-state index in [9.17, 15) is 28.6 Å². The standard InChI is InChI=1S/C47H70N5O13P/c1-11-62-31-37(60-9)32-64-66(57,58)65-40(36(27-33-17-13-12-14-18-33)28-39(53)41(46(2,3)4)49-45(56)63-26-25-59-8)30-52(51-43(54)42(47(5,6)7)50-44(55)61-10)29-34-20-22-35(23-21-34)38-19-15-16-24-48-38/h12-24,36-37,40-42H,11,25-32H2,1-10H3,(H,49,56)(H,50,55)(H,51,54)(H,57,58). The molecule has 0 saturated heterocycles. The van der Waals surface area contributed by atoms with Crippen LogP contribution in [0.1, 0.15) is 66.0 Å². The van der Waals surface area contributed by atoms with Gasteiger partial charge < -0.3 is 39.2 Å². The van der Waals surface area contributed by atoms with Crippen molar-refractivity contribution in [2.75, 3.05) is 60.9 Å². The quantitative estimate of drug-likeness (QED) is 0.0363. The fraction of sp³-hybridized carbons (Fsp3) is 0.553. The zero-order valence-electron chi connectivity index (χ0n) is 39.9. The molecule has 6 atom stereocenters. The van der Waals surface area contributed by atoms with Crippen molar-refractivity contribution in [3.63, 3.8) is 0 Å². The lowest BCUT2D eigenvalue weighted by Gasteiger charge is -2.37. The Morgan fingerprint density at radius 3 is 2.03 bits per heavy atom. The Morgan fingerprint density at radius 2 is 1.45 bits per heavy atom. The number of nitrogens with zero attached hydrogens (tertiary/aromatic N) is 2. The minimum atomic E-state index is -4.99. The number of nitrogens with one attached hydrogen (secondary N) is 3. The third kappa shape index (κ3) is 19.6. The van der Waals surface area contributed by atoms with Crippen LogP contribution in [0.3, 0.4) is 0 Å². The van der Waals surface area contributed by atoms with Crippen LogP contribution in [0.15, 0.2) is 79.0 Å². The van der Waals surface area contributed by atoms with E-state index in [1.165, 1.54) is 26.3 Å². The summed E-state index contributed by atoms with van der Waals surface area (Å²) in [6.45, 7) is 12.4. The molecule has 66 heavy (non-hydrogen) atoms. The lowest BCUT2D eigenvalue weighted by molar-refractivity contribution is -0.132. The number of phosphoric acid groups is 1. The van der Waals surface area contributed by atoms with Gasteiger partial charge in [0.15, 0.2) is 5.78 Å². The first-order valence-electron chi connectivity index (χ1n) is 21.8. The Kier molecular flexibility index (Phi) is 22.8. The summed E-state index contributed by atoms with van der Waals surface area (Å²) in [7, 11) is -0.924. The van der Waals surface area contributed by atoms with E-state index in [1.807, 2.05) is 72.8 Å². The molecule has 2 aromatic carbocycles. The molecule has 4 N–H and O–H groups in total. The molecule has 3 rings (SSSR count). The fourth-order valence-corrected chi connectivity index (χ4v) is 7.84. The maximum Gasteiger partial charge on any atom is 0.472 e. The number of alkyl carbamates (subject to hydrolysis) is 2. The number of carbonyl (C=O) groups excluding carboxylic acids is 4. The second-order valence-electron chi connectivity index (χ2n) is 17.8. The molecule has 0 fully saturated rings. The van der Waals surface area contributed by atoms with Crippen molar-refractivity contribution in [1.82, 2.24) is 26.1 Å². The van der Waals surface area contributed by atoms with E-state index in [2.05, 4.69) is 21.0 Å². The van der Waals surface area contributed by atoms with E-state index in [-0.39, 0.29) is 52.4 Å². The minimum Gasteiger partial charge on any atom is -0.453 e. The summed E-state index contributed by atoms with van der Waals surface area (Å²) >= 11 is 0. The van der Waals surface area contributed by atoms with E-state index >= 15 is 0 Å². The van der Waals surface area contributed by atoms with Gasteiger partial charge in [0.2, 0.25) is 0 Å². The van der Waals surface area contributed by atoms with Crippen LogP contribution in [-0.2, 0) is 59.9 Å².